The monoisotopic (exact) mass is 285 g/mol. The fraction of sp³-hybridized carbons (Fsp3) is 0.333. The highest BCUT2D eigenvalue weighted by atomic mass is 35.5. The van der Waals surface area contributed by atoms with Crippen molar-refractivity contribution in [2.45, 2.75) is 6.54 Å². The van der Waals surface area contributed by atoms with Crippen molar-refractivity contribution in [3.05, 3.63) is 35.9 Å². The fourth-order valence-electron chi connectivity index (χ4n) is 1.69. The summed E-state index contributed by atoms with van der Waals surface area (Å²) < 4.78 is 0. The molecule has 6 heteroatoms. The Morgan fingerprint density at radius 1 is 1.39 bits per heavy atom. The van der Waals surface area contributed by atoms with Crippen LogP contribution in [0.2, 0.25) is 0 Å². The smallest absolute Gasteiger partial charge is 0.239 e. The Morgan fingerprint density at radius 2 is 2.11 bits per heavy atom. The number of carbonyl (C=O) groups is 1. The van der Waals surface area contributed by atoms with E-state index in [0.29, 0.717) is 18.2 Å². The maximum Gasteiger partial charge on any atom is 0.239 e. The minimum absolute atomic E-state index is 0. The first-order valence-electron chi connectivity index (χ1n) is 5.59. The van der Waals surface area contributed by atoms with E-state index in [0.717, 1.165) is 18.7 Å². The molecule has 0 radical (unpaired) electrons. The van der Waals surface area contributed by atoms with E-state index in [1.807, 2.05) is 35.2 Å². The molecule has 1 fully saturated rings. The summed E-state index contributed by atoms with van der Waals surface area (Å²) in [6, 6.07) is 9.85. The van der Waals surface area contributed by atoms with Crippen LogP contribution in [0.25, 0.3) is 0 Å². The van der Waals surface area contributed by atoms with Gasteiger partial charge in [0.05, 0.1) is 6.54 Å². The highest BCUT2D eigenvalue weighted by Crippen LogP contribution is 1.99. The maximum atomic E-state index is 11.7. The molecule has 2 N–H and O–H groups in total. The van der Waals surface area contributed by atoms with Crippen molar-refractivity contribution in [2.24, 2.45) is 0 Å². The van der Waals surface area contributed by atoms with Crippen LogP contribution < -0.4 is 10.6 Å². The lowest BCUT2D eigenvalue weighted by molar-refractivity contribution is -0.121. The van der Waals surface area contributed by atoms with Crippen molar-refractivity contribution < 1.29 is 4.79 Å². The van der Waals surface area contributed by atoms with Gasteiger partial charge in [0.25, 0.3) is 0 Å². The minimum atomic E-state index is -0.0000898. The van der Waals surface area contributed by atoms with Gasteiger partial charge in [-0.3, -0.25) is 4.79 Å². The lowest BCUT2D eigenvalue weighted by Crippen LogP contribution is -2.38. The fourth-order valence-corrected chi connectivity index (χ4v) is 1.95. The molecule has 0 aromatic heterocycles. The van der Waals surface area contributed by atoms with E-state index in [9.17, 15) is 4.79 Å². The molecular formula is C12H16ClN3OS. The normalized spacial score (nSPS) is 13.8. The topological polar surface area (TPSA) is 44.4 Å². The van der Waals surface area contributed by atoms with Gasteiger partial charge in [-0.1, -0.05) is 30.3 Å². The third-order valence-corrected chi connectivity index (χ3v) is 3.01. The van der Waals surface area contributed by atoms with Crippen LogP contribution in [0.4, 0.5) is 0 Å². The molecule has 1 saturated heterocycles. The molecule has 4 nitrogen and oxygen atoms in total. The van der Waals surface area contributed by atoms with E-state index in [-0.39, 0.29) is 18.3 Å². The predicted octanol–water partition coefficient (Wildman–Crippen LogP) is 0.915. The van der Waals surface area contributed by atoms with Crippen LogP contribution >= 0.6 is 24.6 Å². The van der Waals surface area contributed by atoms with E-state index < -0.39 is 0 Å². The molecule has 0 atom stereocenters. The molecule has 1 aromatic rings. The number of hydrogen-bond donors (Lipinski definition) is 2. The SMILES string of the molecule is Cl.O=C(CN1CCNC1=S)NCc1ccccc1. The predicted molar refractivity (Wildman–Crippen MR) is 77.7 cm³/mol. The molecule has 1 amide bonds. The van der Waals surface area contributed by atoms with Gasteiger partial charge in [0.1, 0.15) is 0 Å². The van der Waals surface area contributed by atoms with E-state index >= 15 is 0 Å². The van der Waals surface area contributed by atoms with Crippen LogP contribution in [0, 0.1) is 0 Å². The first-order chi connectivity index (χ1) is 8.25. The number of benzene rings is 1. The van der Waals surface area contributed by atoms with Crippen LogP contribution in [-0.4, -0.2) is 35.6 Å². The number of nitrogens with one attached hydrogen (secondary N) is 2. The van der Waals surface area contributed by atoms with Crippen LogP contribution in [0.1, 0.15) is 5.56 Å². The van der Waals surface area contributed by atoms with Crippen LogP contribution in [0.15, 0.2) is 30.3 Å². The van der Waals surface area contributed by atoms with Crippen molar-refractivity contribution in [1.82, 2.24) is 15.5 Å². The molecule has 2 rings (SSSR count). The number of thiocarbonyl (C=S) groups is 1. The highest BCUT2D eigenvalue weighted by molar-refractivity contribution is 7.80. The van der Waals surface area contributed by atoms with E-state index in [4.69, 9.17) is 12.2 Å². The molecule has 18 heavy (non-hydrogen) atoms. The van der Waals surface area contributed by atoms with Crippen LogP contribution in [0.5, 0.6) is 0 Å². The number of amides is 1. The quantitative estimate of drug-likeness (QED) is 0.808. The average molecular weight is 286 g/mol. The Bertz CT molecular complexity index is 413. The summed E-state index contributed by atoms with van der Waals surface area (Å²) in [5.41, 5.74) is 1.10. The van der Waals surface area contributed by atoms with Crippen molar-refractivity contribution in [1.29, 1.82) is 0 Å². The van der Waals surface area contributed by atoms with Gasteiger partial charge in [-0.15, -0.1) is 12.4 Å². The molecule has 98 valence electrons. The maximum absolute atomic E-state index is 11.7. The van der Waals surface area contributed by atoms with E-state index in [1.54, 1.807) is 0 Å². The minimum Gasteiger partial charge on any atom is -0.361 e. The van der Waals surface area contributed by atoms with Gasteiger partial charge in [0, 0.05) is 19.6 Å². The molecular weight excluding hydrogens is 270 g/mol. The largest absolute Gasteiger partial charge is 0.361 e. The van der Waals surface area contributed by atoms with Crippen LogP contribution in [-0.2, 0) is 11.3 Å². The average Bonchev–Trinajstić information content (AvgIpc) is 2.74. The van der Waals surface area contributed by atoms with Crippen molar-refractivity contribution in [2.75, 3.05) is 19.6 Å². The van der Waals surface area contributed by atoms with Crippen LogP contribution in [0.3, 0.4) is 0 Å². The van der Waals surface area contributed by atoms with Crippen molar-refractivity contribution in [3.63, 3.8) is 0 Å². The van der Waals surface area contributed by atoms with Gasteiger partial charge in [-0.25, -0.2) is 0 Å². The number of rotatable bonds is 4. The second kappa shape index (κ2) is 7.18. The van der Waals surface area contributed by atoms with Crippen molar-refractivity contribution >= 4 is 35.6 Å². The van der Waals surface area contributed by atoms with Gasteiger partial charge in [0.15, 0.2) is 5.11 Å². The second-order valence-electron chi connectivity index (χ2n) is 3.92. The molecule has 0 saturated carbocycles. The summed E-state index contributed by atoms with van der Waals surface area (Å²) in [5, 5.41) is 6.57. The summed E-state index contributed by atoms with van der Waals surface area (Å²) in [5.74, 6) is -0.0000898. The first kappa shape index (κ1) is 14.7. The number of carbonyl (C=O) groups excluding carboxylic acids is 1. The molecule has 0 spiro atoms. The summed E-state index contributed by atoms with van der Waals surface area (Å²) in [6.45, 7) is 2.52. The molecule has 1 aliphatic heterocycles. The summed E-state index contributed by atoms with van der Waals surface area (Å²) in [4.78, 5) is 13.5. The van der Waals surface area contributed by atoms with Gasteiger partial charge in [-0.2, -0.15) is 0 Å². The Kier molecular flexibility index (Phi) is 5.88. The summed E-state index contributed by atoms with van der Waals surface area (Å²) in [6.07, 6.45) is 0. The summed E-state index contributed by atoms with van der Waals surface area (Å²) in [7, 11) is 0. The lowest BCUT2D eigenvalue weighted by Gasteiger charge is -2.15. The second-order valence-corrected chi connectivity index (χ2v) is 4.30. The molecule has 1 aromatic carbocycles. The number of nitrogens with zero attached hydrogens (tertiary/aromatic N) is 1. The highest BCUT2D eigenvalue weighted by Gasteiger charge is 2.18. The molecule has 1 aliphatic rings. The molecule has 0 aliphatic carbocycles. The number of hydrogen-bond acceptors (Lipinski definition) is 2. The van der Waals surface area contributed by atoms with Crippen molar-refractivity contribution in [3.8, 4) is 0 Å². The molecule has 0 bridgehead atoms. The molecule has 0 unspecified atom stereocenters. The Balaban J connectivity index is 0.00000162. The zero-order valence-electron chi connectivity index (χ0n) is 9.89. The van der Waals surface area contributed by atoms with Gasteiger partial charge in [-0.05, 0) is 17.8 Å². The van der Waals surface area contributed by atoms with Gasteiger partial charge in [0.2, 0.25) is 5.91 Å². The zero-order valence-corrected chi connectivity index (χ0v) is 11.5. The third-order valence-electron chi connectivity index (χ3n) is 2.61. The third kappa shape index (κ3) is 4.16. The Morgan fingerprint density at radius 3 is 2.72 bits per heavy atom. The van der Waals surface area contributed by atoms with E-state index in [1.165, 1.54) is 0 Å². The Hall–Kier alpha value is -1.33. The zero-order chi connectivity index (χ0) is 12.1. The number of halogens is 1. The van der Waals surface area contributed by atoms with E-state index in [2.05, 4.69) is 10.6 Å². The van der Waals surface area contributed by atoms with Gasteiger partial charge < -0.3 is 15.5 Å². The summed E-state index contributed by atoms with van der Waals surface area (Å²) >= 11 is 5.07. The van der Waals surface area contributed by atoms with Gasteiger partial charge >= 0.3 is 0 Å². The lowest BCUT2D eigenvalue weighted by atomic mass is 10.2. The molecule has 1 heterocycles. The Labute approximate surface area is 118 Å². The standard InChI is InChI=1S/C12H15N3OS.ClH/c16-11(9-15-7-6-13-12(15)17)14-8-10-4-2-1-3-5-10;/h1-5H,6-9H2,(H,13,17)(H,14,16);1H. The first-order valence-corrected chi connectivity index (χ1v) is 6.00.